The van der Waals surface area contributed by atoms with E-state index in [0.717, 1.165) is 46.6 Å². The van der Waals surface area contributed by atoms with Crippen LogP contribution in [0.2, 0.25) is 5.02 Å². The maximum atomic E-state index is 13.9. The Labute approximate surface area is 279 Å². The third-order valence-corrected chi connectivity index (χ3v) is 10.2. The molecule has 0 spiro atoms. The molecular formula is C35H39ClFN7O3. The summed E-state index contributed by atoms with van der Waals surface area (Å²) in [4.78, 5) is 30.8. The summed E-state index contributed by atoms with van der Waals surface area (Å²) < 4.78 is 26.0. The van der Waals surface area contributed by atoms with Crippen molar-refractivity contribution in [3.8, 4) is 12.1 Å². The second kappa shape index (κ2) is 12.9. The van der Waals surface area contributed by atoms with Crippen LogP contribution in [-0.2, 0) is 22.5 Å². The lowest BCUT2D eigenvalue weighted by Gasteiger charge is -2.43. The van der Waals surface area contributed by atoms with Crippen LogP contribution in [0.4, 0.5) is 15.9 Å². The monoisotopic (exact) mass is 659 g/mol. The van der Waals surface area contributed by atoms with Gasteiger partial charge in [0.15, 0.2) is 5.83 Å². The number of rotatable bonds is 10. The van der Waals surface area contributed by atoms with Crippen molar-refractivity contribution in [3.05, 3.63) is 65.1 Å². The molecule has 3 fully saturated rings. The molecule has 1 amide bonds. The highest BCUT2D eigenvalue weighted by Gasteiger charge is 2.43. The molecule has 1 unspecified atom stereocenters. The number of piperazine rings is 1. The van der Waals surface area contributed by atoms with Gasteiger partial charge in [0.25, 0.3) is 5.91 Å². The van der Waals surface area contributed by atoms with Gasteiger partial charge in [-0.25, -0.2) is 4.39 Å². The van der Waals surface area contributed by atoms with E-state index < -0.39 is 17.8 Å². The molecule has 7 rings (SSSR count). The zero-order valence-electron chi connectivity index (χ0n) is 26.6. The molecule has 4 aliphatic rings. The summed E-state index contributed by atoms with van der Waals surface area (Å²) in [7, 11) is 2.17. The molecule has 0 N–H and O–H groups in total. The van der Waals surface area contributed by atoms with Crippen LogP contribution in [0.3, 0.4) is 0 Å². The lowest BCUT2D eigenvalue weighted by atomic mass is 9.86. The number of anilines is 2. The van der Waals surface area contributed by atoms with Crippen LogP contribution in [0.1, 0.15) is 30.5 Å². The lowest BCUT2D eigenvalue weighted by Crippen LogP contribution is -2.56. The molecule has 1 saturated carbocycles. The SMILES string of the molecule is C=C(F)C(=O)N1CCN(c2nc(OCC3(CN(C)C4CC4)COC3)nc3c2CCN(c2cccc4cccc(Cl)c24)C3)CC1CC#N. The second-order valence-corrected chi connectivity index (χ2v) is 13.7. The van der Waals surface area contributed by atoms with E-state index in [-0.39, 0.29) is 18.4 Å². The normalized spacial score (nSPS) is 20.5. The van der Waals surface area contributed by atoms with E-state index in [0.29, 0.717) is 63.0 Å². The van der Waals surface area contributed by atoms with Crippen molar-refractivity contribution in [1.29, 1.82) is 5.26 Å². The summed E-state index contributed by atoms with van der Waals surface area (Å²) in [6, 6.07) is 14.7. The van der Waals surface area contributed by atoms with Crippen molar-refractivity contribution in [2.45, 2.75) is 44.3 Å². The Hall–Kier alpha value is -3.98. The van der Waals surface area contributed by atoms with E-state index in [2.05, 4.69) is 52.6 Å². The fourth-order valence-electron chi connectivity index (χ4n) is 7.21. The number of aromatic nitrogens is 2. The number of benzene rings is 2. The van der Waals surface area contributed by atoms with E-state index in [4.69, 9.17) is 31.0 Å². The number of nitriles is 1. The quantitative estimate of drug-likeness (QED) is 0.286. The number of nitrogens with zero attached hydrogens (tertiary/aromatic N) is 7. The highest BCUT2D eigenvalue weighted by Crippen LogP contribution is 2.38. The fraction of sp³-hybridized carbons (Fsp3) is 0.486. The van der Waals surface area contributed by atoms with Gasteiger partial charge in [0.2, 0.25) is 0 Å². The number of fused-ring (bicyclic) bond motifs is 2. The highest BCUT2D eigenvalue weighted by atomic mass is 35.5. The zero-order chi connectivity index (χ0) is 32.7. The largest absolute Gasteiger partial charge is 0.463 e. The van der Waals surface area contributed by atoms with Crippen LogP contribution < -0.4 is 14.5 Å². The van der Waals surface area contributed by atoms with Gasteiger partial charge in [-0.3, -0.25) is 4.79 Å². The molecule has 12 heteroatoms. The van der Waals surface area contributed by atoms with Crippen molar-refractivity contribution in [2.24, 2.45) is 5.41 Å². The van der Waals surface area contributed by atoms with E-state index in [1.54, 1.807) is 0 Å². The molecule has 47 heavy (non-hydrogen) atoms. The summed E-state index contributed by atoms with van der Waals surface area (Å²) in [6.45, 7) is 8.04. The predicted octanol–water partition coefficient (Wildman–Crippen LogP) is 4.75. The zero-order valence-corrected chi connectivity index (χ0v) is 27.4. The third kappa shape index (κ3) is 6.34. The van der Waals surface area contributed by atoms with Crippen LogP contribution >= 0.6 is 11.6 Å². The molecule has 3 aliphatic heterocycles. The van der Waals surface area contributed by atoms with Crippen LogP contribution in [0.15, 0.2) is 48.8 Å². The molecule has 10 nitrogen and oxygen atoms in total. The summed E-state index contributed by atoms with van der Waals surface area (Å²) >= 11 is 6.72. The Morgan fingerprint density at radius 2 is 1.98 bits per heavy atom. The summed E-state index contributed by atoms with van der Waals surface area (Å²) in [5.41, 5.74) is 2.80. The average Bonchev–Trinajstić information content (AvgIpc) is 3.91. The van der Waals surface area contributed by atoms with Crippen LogP contribution in [0.5, 0.6) is 6.01 Å². The minimum atomic E-state index is -1.02. The number of carbonyl (C=O) groups excluding carboxylic acids is 1. The van der Waals surface area contributed by atoms with Gasteiger partial charge in [0.05, 0.1) is 54.4 Å². The maximum Gasteiger partial charge on any atom is 0.318 e. The van der Waals surface area contributed by atoms with Crippen molar-refractivity contribution in [3.63, 3.8) is 0 Å². The van der Waals surface area contributed by atoms with Gasteiger partial charge in [-0.1, -0.05) is 42.4 Å². The van der Waals surface area contributed by atoms with Gasteiger partial charge in [-0.2, -0.15) is 15.2 Å². The molecular weight excluding hydrogens is 621 g/mol. The molecule has 0 radical (unpaired) electrons. The molecule has 2 aromatic carbocycles. The second-order valence-electron chi connectivity index (χ2n) is 13.3. The molecule has 2 saturated heterocycles. The first-order valence-corrected chi connectivity index (χ1v) is 16.6. The van der Waals surface area contributed by atoms with E-state index in [9.17, 15) is 14.4 Å². The first kappa shape index (κ1) is 31.6. The molecule has 0 bridgehead atoms. The molecule has 1 aliphatic carbocycles. The van der Waals surface area contributed by atoms with Gasteiger partial charge in [-0.15, -0.1) is 0 Å². The Morgan fingerprint density at radius 1 is 1.19 bits per heavy atom. The van der Waals surface area contributed by atoms with E-state index in [1.807, 2.05) is 18.2 Å². The maximum absolute atomic E-state index is 13.9. The van der Waals surface area contributed by atoms with Crippen molar-refractivity contribution in [1.82, 2.24) is 19.8 Å². The standard InChI is InChI=1S/C35H39ClFN7O3/c1-23(37)33(45)44-16-15-43(17-26(44)11-13-38)32-27-12-14-42(30-8-4-6-24-5-3-7-28(36)31(24)30)18-29(27)39-34(40-32)47-22-35(20-46-21-35)19-41(2)25-9-10-25/h3-8,25-26H,1,9-12,14-22H2,2H3. The first-order valence-electron chi connectivity index (χ1n) is 16.3. The topological polar surface area (TPSA) is 98.1 Å². The Kier molecular flexibility index (Phi) is 8.68. The van der Waals surface area contributed by atoms with Crippen molar-refractivity contribution in [2.75, 3.05) is 69.4 Å². The van der Waals surface area contributed by atoms with Gasteiger partial charge in [-0.05, 0) is 43.8 Å². The summed E-state index contributed by atoms with van der Waals surface area (Å²) in [5.74, 6) is -1.05. The number of amides is 1. The molecule has 3 aromatic rings. The van der Waals surface area contributed by atoms with Gasteiger partial charge >= 0.3 is 6.01 Å². The smallest absolute Gasteiger partial charge is 0.318 e. The van der Waals surface area contributed by atoms with Crippen molar-refractivity contribution < 1.29 is 18.7 Å². The Bertz CT molecular complexity index is 1730. The molecule has 4 heterocycles. The van der Waals surface area contributed by atoms with Gasteiger partial charge in [0, 0.05) is 55.4 Å². The fourth-order valence-corrected chi connectivity index (χ4v) is 7.49. The number of halogens is 2. The third-order valence-electron chi connectivity index (χ3n) is 9.88. The predicted molar refractivity (Wildman–Crippen MR) is 178 cm³/mol. The molecule has 1 atom stereocenters. The number of ether oxygens (including phenoxy) is 2. The highest BCUT2D eigenvalue weighted by molar-refractivity contribution is 6.36. The molecule has 246 valence electrons. The summed E-state index contributed by atoms with van der Waals surface area (Å²) in [5, 5.41) is 12.3. The van der Waals surface area contributed by atoms with E-state index >= 15 is 0 Å². The van der Waals surface area contributed by atoms with Crippen LogP contribution in [0, 0.1) is 16.7 Å². The minimum absolute atomic E-state index is 0.0683. The average molecular weight is 660 g/mol. The minimum Gasteiger partial charge on any atom is -0.463 e. The number of hydrogen-bond acceptors (Lipinski definition) is 9. The molecule has 1 aromatic heterocycles. The van der Waals surface area contributed by atoms with Crippen molar-refractivity contribution >= 4 is 39.8 Å². The Morgan fingerprint density at radius 3 is 2.68 bits per heavy atom. The first-order chi connectivity index (χ1) is 22.7. The van der Waals surface area contributed by atoms with Crippen LogP contribution in [0.25, 0.3) is 10.8 Å². The van der Waals surface area contributed by atoms with Gasteiger partial charge < -0.3 is 29.1 Å². The lowest BCUT2D eigenvalue weighted by molar-refractivity contribution is -0.143. The number of carbonyl (C=O) groups is 1. The van der Waals surface area contributed by atoms with Gasteiger partial charge in [0.1, 0.15) is 12.4 Å². The Balaban J connectivity index is 1.21. The summed E-state index contributed by atoms with van der Waals surface area (Å²) in [6.07, 6.45) is 3.21. The number of hydrogen-bond donors (Lipinski definition) is 0. The van der Waals surface area contributed by atoms with E-state index in [1.165, 1.54) is 17.7 Å². The van der Waals surface area contributed by atoms with Crippen LogP contribution in [-0.4, -0.2) is 97.4 Å².